The molecular formula is C37H38N4O5. The van der Waals surface area contributed by atoms with Gasteiger partial charge < -0.3 is 25.7 Å². The molecule has 3 aromatic carbocycles. The van der Waals surface area contributed by atoms with E-state index in [1.807, 2.05) is 92.0 Å². The molecule has 1 aliphatic heterocycles. The highest BCUT2D eigenvalue weighted by atomic mass is 16.6. The maximum absolute atomic E-state index is 14.0. The van der Waals surface area contributed by atoms with Crippen molar-refractivity contribution < 1.29 is 23.9 Å². The van der Waals surface area contributed by atoms with Gasteiger partial charge in [0.05, 0.1) is 12.6 Å². The minimum absolute atomic E-state index is 0.167. The number of benzene rings is 3. The van der Waals surface area contributed by atoms with Crippen LogP contribution in [0.25, 0.3) is 16.5 Å². The molecule has 9 heteroatoms. The van der Waals surface area contributed by atoms with Crippen molar-refractivity contribution in [2.45, 2.75) is 63.8 Å². The molecule has 2 aliphatic rings. The molecule has 1 fully saturated rings. The molecule has 9 nitrogen and oxygen atoms in total. The number of H-pyrrole nitrogens is 1. The van der Waals surface area contributed by atoms with Crippen molar-refractivity contribution in [1.29, 1.82) is 0 Å². The summed E-state index contributed by atoms with van der Waals surface area (Å²) in [5.41, 5.74) is 5.11. The van der Waals surface area contributed by atoms with Crippen LogP contribution >= 0.6 is 0 Å². The van der Waals surface area contributed by atoms with Crippen LogP contribution in [0.4, 0.5) is 0 Å². The summed E-state index contributed by atoms with van der Waals surface area (Å²) < 4.78 is 5.44. The van der Waals surface area contributed by atoms with Crippen molar-refractivity contribution >= 4 is 40.0 Å². The summed E-state index contributed by atoms with van der Waals surface area (Å²) in [6.45, 7) is 5.52. The lowest BCUT2D eigenvalue weighted by Gasteiger charge is -2.25. The largest absolute Gasteiger partial charge is 0.361 e. The van der Waals surface area contributed by atoms with Crippen LogP contribution < -0.4 is 16.0 Å². The number of rotatable bonds is 12. The van der Waals surface area contributed by atoms with Gasteiger partial charge >= 0.3 is 0 Å². The highest BCUT2D eigenvalue weighted by Crippen LogP contribution is 2.33. The van der Waals surface area contributed by atoms with Crippen molar-refractivity contribution in [3.63, 3.8) is 0 Å². The molecule has 46 heavy (non-hydrogen) atoms. The first-order chi connectivity index (χ1) is 22.1. The summed E-state index contributed by atoms with van der Waals surface area (Å²) in [6, 6.07) is 22.1. The maximum atomic E-state index is 14.0. The zero-order valence-electron chi connectivity index (χ0n) is 26.2. The maximum Gasteiger partial charge on any atom is 0.252 e. The second-order valence-corrected chi connectivity index (χ2v) is 12.4. The number of Topliss-reactive ketones (excluding diaryl/α,β-unsaturated/α-hetero) is 1. The number of carbonyl (C=O) groups excluding carboxylic acids is 4. The molecule has 0 spiro atoms. The Morgan fingerprint density at radius 2 is 1.52 bits per heavy atom. The third kappa shape index (κ3) is 6.50. The molecule has 4 aromatic rings. The summed E-state index contributed by atoms with van der Waals surface area (Å²) in [7, 11) is 0. The zero-order chi connectivity index (χ0) is 32.4. The summed E-state index contributed by atoms with van der Waals surface area (Å²) in [4.78, 5) is 57.7. The Labute approximate surface area is 267 Å². The van der Waals surface area contributed by atoms with E-state index < -0.39 is 35.5 Å². The number of aromatic amines is 1. The van der Waals surface area contributed by atoms with Gasteiger partial charge in [0.15, 0.2) is 5.78 Å². The first-order valence-electron chi connectivity index (χ1n) is 15.6. The van der Waals surface area contributed by atoms with Gasteiger partial charge in [-0.1, -0.05) is 78.4 Å². The van der Waals surface area contributed by atoms with Crippen molar-refractivity contribution in [3.05, 3.63) is 113 Å². The molecule has 3 amide bonds. The van der Waals surface area contributed by atoms with E-state index >= 15 is 0 Å². The monoisotopic (exact) mass is 618 g/mol. The molecular weight excluding hydrogens is 580 g/mol. The number of fused-ring (bicyclic) bond motifs is 2. The molecule has 0 unspecified atom stereocenters. The van der Waals surface area contributed by atoms with Gasteiger partial charge in [0.1, 0.15) is 17.7 Å². The molecule has 2 heterocycles. The minimum Gasteiger partial charge on any atom is -0.361 e. The SMILES string of the molecule is CC1=C(C(=O)N[C@H](C)C(=O)N[C@@H](Cc2c[nH]c3ccccc23)C(=O)N[C@@H](Cc2ccccc2)C(=O)[C@@]2(C)CO2)c2ccccc2C1. The normalized spacial score (nSPS) is 18.8. The summed E-state index contributed by atoms with van der Waals surface area (Å²) >= 11 is 0. The summed E-state index contributed by atoms with van der Waals surface area (Å²) in [6.07, 6.45) is 2.94. The first-order valence-corrected chi connectivity index (χ1v) is 15.6. The number of hydrogen-bond donors (Lipinski definition) is 4. The molecule has 0 saturated carbocycles. The Balaban J connectivity index is 1.22. The van der Waals surface area contributed by atoms with Gasteiger partial charge in [0, 0.05) is 29.1 Å². The predicted octanol–water partition coefficient (Wildman–Crippen LogP) is 3.82. The minimum atomic E-state index is -1.03. The highest BCUT2D eigenvalue weighted by Gasteiger charge is 2.50. The number of carbonyl (C=O) groups is 4. The van der Waals surface area contributed by atoms with E-state index in [2.05, 4.69) is 20.9 Å². The lowest BCUT2D eigenvalue weighted by Crippen LogP contribution is -2.57. The molecule has 0 bridgehead atoms. The second kappa shape index (κ2) is 12.8. The number of nitrogens with one attached hydrogen (secondary N) is 4. The molecule has 4 atom stereocenters. The van der Waals surface area contributed by atoms with Crippen LogP contribution in [0.3, 0.4) is 0 Å². The van der Waals surface area contributed by atoms with Crippen molar-refractivity contribution in [2.24, 2.45) is 0 Å². The lowest BCUT2D eigenvalue weighted by atomic mass is 9.94. The van der Waals surface area contributed by atoms with E-state index in [1.165, 1.54) is 0 Å². The molecule has 236 valence electrons. The Morgan fingerprint density at radius 3 is 2.28 bits per heavy atom. The molecule has 0 radical (unpaired) electrons. The van der Waals surface area contributed by atoms with E-state index in [0.717, 1.165) is 38.7 Å². The topological polar surface area (TPSA) is 133 Å². The van der Waals surface area contributed by atoms with E-state index in [9.17, 15) is 19.2 Å². The van der Waals surface area contributed by atoms with Crippen molar-refractivity contribution in [1.82, 2.24) is 20.9 Å². The van der Waals surface area contributed by atoms with E-state index in [1.54, 1.807) is 13.8 Å². The van der Waals surface area contributed by atoms with Gasteiger partial charge in [0.25, 0.3) is 5.91 Å². The number of para-hydroxylation sites is 1. The Morgan fingerprint density at radius 1 is 0.848 bits per heavy atom. The quantitative estimate of drug-likeness (QED) is 0.179. The van der Waals surface area contributed by atoms with Gasteiger partial charge in [-0.2, -0.15) is 0 Å². The van der Waals surface area contributed by atoms with Crippen molar-refractivity contribution in [2.75, 3.05) is 6.61 Å². The average Bonchev–Trinajstić information content (AvgIpc) is 3.53. The Bertz CT molecular complexity index is 1840. The number of aromatic nitrogens is 1. The van der Waals surface area contributed by atoms with Crippen LogP contribution in [-0.4, -0.2) is 58.8 Å². The fourth-order valence-electron chi connectivity index (χ4n) is 6.15. The molecule has 1 saturated heterocycles. The van der Waals surface area contributed by atoms with Crippen LogP contribution in [0, 0.1) is 0 Å². The Kier molecular flexibility index (Phi) is 8.60. The number of ether oxygens (including phenoxy) is 1. The van der Waals surface area contributed by atoms with Gasteiger partial charge in [-0.3, -0.25) is 19.2 Å². The molecule has 6 rings (SSSR count). The van der Waals surface area contributed by atoms with E-state index in [0.29, 0.717) is 18.6 Å². The summed E-state index contributed by atoms with van der Waals surface area (Å²) in [5.74, 6) is -1.57. The Hall–Kier alpha value is -5.02. The molecule has 1 aromatic heterocycles. The second-order valence-electron chi connectivity index (χ2n) is 12.4. The van der Waals surface area contributed by atoms with Gasteiger partial charge in [-0.25, -0.2) is 0 Å². The highest BCUT2D eigenvalue weighted by molar-refractivity contribution is 6.22. The smallest absolute Gasteiger partial charge is 0.252 e. The standard InChI is InChI=1S/C37H38N4O5/c1-22-17-25-13-7-8-15-28(25)32(22)36(45)39-23(2)34(43)41-31(19-26-20-38-29-16-10-9-14-27(26)29)35(44)40-30(33(42)37(3)21-46-37)18-24-11-5-4-6-12-24/h4-16,20,23,30-31,38H,17-19,21H2,1-3H3,(H,39,45)(H,40,44)(H,41,43)/t23-,30+,31+,37-/m1/s1. The summed E-state index contributed by atoms with van der Waals surface area (Å²) in [5, 5.41) is 9.55. The lowest BCUT2D eigenvalue weighted by molar-refractivity contribution is -0.133. The van der Waals surface area contributed by atoms with Gasteiger partial charge in [0.2, 0.25) is 11.8 Å². The van der Waals surface area contributed by atoms with Gasteiger partial charge in [-0.05, 0) is 61.9 Å². The molecule has 4 N–H and O–H groups in total. The fourth-order valence-corrected chi connectivity index (χ4v) is 6.15. The van der Waals surface area contributed by atoms with Crippen LogP contribution in [0.15, 0.2) is 90.6 Å². The number of allylic oxidation sites excluding steroid dienone is 1. The number of hydrogen-bond acceptors (Lipinski definition) is 5. The average molecular weight is 619 g/mol. The van der Waals surface area contributed by atoms with Crippen LogP contribution in [-0.2, 0) is 43.2 Å². The fraction of sp³-hybridized carbons (Fsp3) is 0.297. The number of amides is 3. The third-order valence-corrected chi connectivity index (χ3v) is 8.88. The predicted molar refractivity (Wildman–Crippen MR) is 176 cm³/mol. The van der Waals surface area contributed by atoms with Gasteiger partial charge in [-0.15, -0.1) is 0 Å². The first kappa shape index (κ1) is 31.0. The van der Waals surface area contributed by atoms with Crippen LogP contribution in [0.5, 0.6) is 0 Å². The van der Waals surface area contributed by atoms with Crippen molar-refractivity contribution in [3.8, 4) is 0 Å². The number of epoxide rings is 1. The van der Waals surface area contributed by atoms with E-state index in [-0.39, 0.29) is 24.5 Å². The molecule has 1 aliphatic carbocycles. The van der Waals surface area contributed by atoms with E-state index in [4.69, 9.17) is 4.74 Å². The third-order valence-electron chi connectivity index (χ3n) is 8.88. The number of ketones is 1. The van der Waals surface area contributed by atoms with Crippen LogP contribution in [0.2, 0.25) is 0 Å². The zero-order valence-corrected chi connectivity index (χ0v) is 26.2. The van der Waals surface area contributed by atoms with Crippen LogP contribution in [0.1, 0.15) is 43.0 Å².